The zero-order valence-corrected chi connectivity index (χ0v) is 11.3. The molecule has 0 spiro atoms. The van der Waals surface area contributed by atoms with Crippen molar-refractivity contribution in [1.29, 1.82) is 0 Å². The van der Waals surface area contributed by atoms with E-state index < -0.39 is 0 Å². The first-order chi connectivity index (χ1) is 8.83. The first-order valence-electron chi connectivity index (χ1n) is 6.39. The van der Waals surface area contributed by atoms with Gasteiger partial charge in [0, 0.05) is 6.04 Å². The highest BCUT2D eigenvalue weighted by molar-refractivity contribution is 7.13. The average Bonchev–Trinajstić information content (AvgIpc) is 3.12. The highest BCUT2D eigenvalue weighted by Crippen LogP contribution is 2.25. The molecule has 3 rings (SSSR count). The Hall–Kier alpha value is -1.20. The Morgan fingerprint density at radius 1 is 1.44 bits per heavy atom. The molecule has 4 nitrogen and oxygen atoms in total. The summed E-state index contributed by atoms with van der Waals surface area (Å²) in [5.41, 5.74) is 0. The summed E-state index contributed by atoms with van der Waals surface area (Å²) < 4.78 is 5.32. The van der Waals surface area contributed by atoms with Crippen LogP contribution in [0.25, 0.3) is 10.7 Å². The molecule has 0 unspecified atom stereocenters. The Labute approximate surface area is 111 Å². The topological polar surface area (TPSA) is 42.2 Å². The molecular formula is C13H17N3OS. The summed E-state index contributed by atoms with van der Waals surface area (Å²) in [4.78, 5) is 7.85. The van der Waals surface area contributed by atoms with Crippen molar-refractivity contribution in [2.75, 3.05) is 7.05 Å². The third-order valence-electron chi connectivity index (χ3n) is 3.54. The van der Waals surface area contributed by atoms with E-state index in [2.05, 4.69) is 22.1 Å². The van der Waals surface area contributed by atoms with E-state index in [-0.39, 0.29) is 0 Å². The van der Waals surface area contributed by atoms with Crippen LogP contribution >= 0.6 is 11.3 Å². The highest BCUT2D eigenvalue weighted by Gasteiger charge is 2.21. The summed E-state index contributed by atoms with van der Waals surface area (Å²) in [7, 11) is 2.14. The van der Waals surface area contributed by atoms with Crippen LogP contribution in [-0.4, -0.2) is 28.1 Å². The molecule has 2 aromatic heterocycles. The van der Waals surface area contributed by atoms with Crippen LogP contribution in [0.2, 0.25) is 0 Å². The summed E-state index contributed by atoms with van der Waals surface area (Å²) in [6.07, 6.45) is 5.28. The summed E-state index contributed by atoms with van der Waals surface area (Å²) >= 11 is 1.63. The highest BCUT2D eigenvalue weighted by atomic mass is 32.1. The number of hydrogen-bond acceptors (Lipinski definition) is 5. The van der Waals surface area contributed by atoms with Crippen molar-refractivity contribution in [3.05, 3.63) is 23.4 Å². The first kappa shape index (κ1) is 11.9. The van der Waals surface area contributed by atoms with Crippen LogP contribution in [0, 0.1) is 0 Å². The van der Waals surface area contributed by atoms with Crippen molar-refractivity contribution in [3.63, 3.8) is 0 Å². The van der Waals surface area contributed by atoms with Gasteiger partial charge < -0.3 is 4.52 Å². The number of rotatable bonds is 4. The fourth-order valence-corrected chi connectivity index (χ4v) is 3.16. The second kappa shape index (κ2) is 5.20. The lowest BCUT2D eigenvalue weighted by Gasteiger charge is -2.21. The van der Waals surface area contributed by atoms with Crippen molar-refractivity contribution < 1.29 is 4.52 Å². The van der Waals surface area contributed by atoms with Crippen molar-refractivity contribution in [1.82, 2.24) is 15.0 Å². The smallest absolute Gasteiger partial charge is 0.241 e. The maximum Gasteiger partial charge on any atom is 0.241 e. The van der Waals surface area contributed by atoms with Crippen LogP contribution in [0.15, 0.2) is 22.0 Å². The predicted octanol–water partition coefficient (Wildman–Crippen LogP) is 3.17. The monoisotopic (exact) mass is 263 g/mol. The van der Waals surface area contributed by atoms with Crippen LogP contribution in [-0.2, 0) is 6.54 Å². The van der Waals surface area contributed by atoms with Gasteiger partial charge in [-0.15, -0.1) is 11.3 Å². The Morgan fingerprint density at radius 2 is 2.28 bits per heavy atom. The van der Waals surface area contributed by atoms with Gasteiger partial charge in [-0.05, 0) is 31.3 Å². The Bertz CT molecular complexity index is 488. The van der Waals surface area contributed by atoms with Gasteiger partial charge in [-0.25, -0.2) is 0 Å². The minimum Gasteiger partial charge on any atom is -0.338 e. The fraction of sp³-hybridized carbons (Fsp3) is 0.538. The summed E-state index contributed by atoms with van der Waals surface area (Å²) in [6.45, 7) is 0.753. The van der Waals surface area contributed by atoms with E-state index in [0.717, 1.165) is 11.4 Å². The molecule has 2 aromatic rings. The van der Waals surface area contributed by atoms with Gasteiger partial charge in [0.2, 0.25) is 11.7 Å². The molecule has 18 heavy (non-hydrogen) atoms. The van der Waals surface area contributed by atoms with E-state index in [9.17, 15) is 0 Å². The molecule has 0 amide bonds. The molecule has 0 bridgehead atoms. The normalized spacial score (nSPS) is 16.8. The largest absolute Gasteiger partial charge is 0.338 e. The van der Waals surface area contributed by atoms with Gasteiger partial charge in [0.15, 0.2) is 0 Å². The van der Waals surface area contributed by atoms with E-state index in [0.29, 0.717) is 17.8 Å². The molecule has 0 N–H and O–H groups in total. The van der Waals surface area contributed by atoms with E-state index in [4.69, 9.17) is 4.52 Å². The molecule has 5 heteroatoms. The van der Waals surface area contributed by atoms with E-state index in [1.54, 1.807) is 11.3 Å². The Morgan fingerprint density at radius 3 is 3.00 bits per heavy atom. The predicted molar refractivity (Wildman–Crippen MR) is 71.3 cm³/mol. The van der Waals surface area contributed by atoms with Crippen molar-refractivity contribution >= 4 is 11.3 Å². The maximum atomic E-state index is 5.32. The third kappa shape index (κ3) is 2.47. The lowest BCUT2D eigenvalue weighted by Crippen LogP contribution is -2.28. The molecule has 1 aliphatic rings. The minimum absolute atomic E-state index is 0.682. The third-order valence-corrected chi connectivity index (χ3v) is 4.41. The Kier molecular flexibility index (Phi) is 3.43. The van der Waals surface area contributed by atoms with Crippen LogP contribution in [0.4, 0.5) is 0 Å². The van der Waals surface area contributed by atoms with Gasteiger partial charge in [0.25, 0.3) is 0 Å². The molecule has 0 atom stereocenters. The molecular weight excluding hydrogens is 246 g/mol. The van der Waals surface area contributed by atoms with E-state index >= 15 is 0 Å². The lowest BCUT2D eigenvalue weighted by molar-refractivity contribution is 0.205. The van der Waals surface area contributed by atoms with E-state index in [1.807, 2.05) is 17.5 Å². The van der Waals surface area contributed by atoms with E-state index in [1.165, 1.54) is 25.7 Å². The fourth-order valence-electron chi connectivity index (χ4n) is 2.51. The van der Waals surface area contributed by atoms with Crippen molar-refractivity contribution in [2.45, 2.75) is 38.3 Å². The second-order valence-electron chi connectivity index (χ2n) is 4.84. The molecule has 96 valence electrons. The first-order valence-corrected chi connectivity index (χ1v) is 7.27. The second-order valence-corrected chi connectivity index (χ2v) is 5.79. The number of thiophene rings is 1. The van der Waals surface area contributed by atoms with Crippen LogP contribution < -0.4 is 0 Å². The summed E-state index contributed by atoms with van der Waals surface area (Å²) in [5.74, 6) is 1.42. The molecule has 1 saturated carbocycles. The molecule has 1 aliphatic carbocycles. The quantitative estimate of drug-likeness (QED) is 0.849. The van der Waals surface area contributed by atoms with Gasteiger partial charge in [0.05, 0.1) is 11.4 Å². The molecule has 0 saturated heterocycles. The Balaban J connectivity index is 1.66. The molecule has 0 aliphatic heterocycles. The molecule has 2 heterocycles. The summed E-state index contributed by atoms with van der Waals surface area (Å²) in [6, 6.07) is 4.70. The zero-order chi connectivity index (χ0) is 12.4. The van der Waals surface area contributed by atoms with Gasteiger partial charge in [-0.3, -0.25) is 4.90 Å². The number of aromatic nitrogens is 2. The van der Waals surface area contributed by atoms with Crippen molar-refractivity contribution in [2.24, 2.45) is 0 Å². The van der Waals surface area contributed by atoms with Gasteiger partial charge in [-0.1, -0.05) is 24.1 Å². The standard InChI is InChI=1S/C13H17N3OS/c1-16(10-5-2-3-6-10)9-12-14-13(15-17-12)11-7-4-8-18-11/h4,7-8,10H,2-3,5-6,9H2,1H3. The van der Waals surface area contributed by atoms with Crippen molar-refractivity contribution in [3.8, 4) is 10.7 Å². The maximum absolute atomic E-state index is 5.32. The van der Waals surface area contributed by atoms with Crippen LogP contribution in [0.3, 0.4) is 0 Å². The van der Waals surface area contributed by atoms with Crippen LogP contribution in [0.1, 0.15) is 31.6 Å². The van der Waals surface area contributed by atoms with Gasteiger partial charge >= 0.3 is 0 Å². The molecule has 0 radical (unpaired) electrons. The number of hydrogen-bond donors (Lipinski definition) is 0. The molecule has 0 aromatic carbocycles. The number of nitrogens with zero attached hydrogens (tertiary/aromatic N) is 3. The van der Waals surface area contributed by atoms with Gasteiger partial charge in [0.1, 0.15) is 0 Å². The minimum atomic E-state index is 0.682. The SMILES string of the molecule is CN(Cc1nc(-c2cccs2)no1)C1CCCC1. The summed E-state index contributed by atoms with van der Waals surface area (Å²) in [5, 5.41) is 6.06. The average molecular weight is 263 g/mol. The molecule has 1 fully saturated rings. The zero-order valence-electron chi connectivity index (χ0n) is 10.5. The lowest BCUT2D eigenvalue weighted by atomic mass is 10.2. The van der Waals surface area contributed by atoms with Gasteiger partial charge in [-0.2, -0.15) is 4.98 Å². The van der Waals surface area contributed by atoms with Crippen LogP contribution in [0.5, 0.6) is 0 Å².